The molecule has 4 rings (SSSR count). The van der Waals surface area contributed by atoms with Gasteiger partial charge in [-0.3, -0.25) is 14.0 Å². The summed E-state index contributed by atoms with van der Waals surface area (Å²) in [5.41, 5.74) is 1.03. The average Bonchev–Trinajstić information content (AvgIpc) is 2.88. The fourth-order valence-corrected chi connectivity index (χ4v) is 6.11. The first-order valence-corrected chi connectivity index (χ1v) is 13.1. The molecule has 1 aliphatic carbocycles. The Labute approximate surface area is 196 Å². The van der Waals surface area contributed by atoms with E-state index in [1.165, 1.54) is 42.7 Å². The third-order valence-corrected chi connectivity index (χ3v) is 8.74. The molecular formula is C25H33N3O4S. The van der Waals surface area contributed by atoms with Crippen LogP contribution < -0.4 is 9.62 Å². The van der Waals surface area contributed by atoms with Gasteiger partial charge in [0.2, 0.25) is 0 Å². The van der Waals surface area contributed by atoms with Gasteiger partial charge in [-0.05, 0) is 49.2 Å². The zero-order valence-corrected chi connectivity index (χ0v) is 20.0. The van der Waals surface area contributed by atoms with Gasteiger partial charge in [0, 0.05) is 37.8 Å². The Morgan fingerprint density at radius 1 is 1.00 bits per heavy atom. The monoisotopic (exact) mass is 471 g/mol. The van der Waals surface area contributed by atoms with Crippen LogP contribution in [0.25, 0.3) is 0 Å². The van der Waals surface area contributed by atoms with E-state index in [2.05, 4.69) is 10.2 Å². The van der Waals surface area contributed by atoms with Gasteiger partial charge in [-0.1, -0.05) is 37.5 Å². The lowest BCUT2D eigenvalue weighted by Crippen LogP contribution is -2.59. The molecule has 1 saturated carbocycles. The molecule has 0 bridgehead atoms. The molecule has 8 heteroatoms. The van der Waals surface area contributed by atoms with Crippen LogP contribution in [-0.4, -0.2) is 64.7 Å². The van der Waals surface area contributed by atoms with Gasteiger partial charge in [-0.25, -0.2) is 8.42 Å². The van der Waals surface area contributed by atoms with E-state index in [0.717, 1.165) is 39.1 Å². The minimum absolute atomic E-state index is 0.0145. The highest BCUT2D eigenvalue weighted by atomic mass is 32.2. The number of morpholine rings is 1. The summed E-state index contributed by atoms with van der Waals surface area (Å²) in [6.45, 7) is 3.88. The van der Waals surface area contributed by atoms with Crippen LogP contribution in [0.2, 0.25) is 0 Å². The molecule has 1 amide bonds. The third-order valence-electron chi connectivity index (χ3n) is 6.94. The standard InChI is InChI=1S/C25H33N3O4S/c1-27(22-8-4-2-5-9-22)33(30,31)23-12-10-21(11-13-23)24(29)26-20-25(14-6-3-7-15-25)28-16-18-32-19-17-28/h2,4-5,8-13H,3,6-7,14-20H2,1H3,(H,26,29). The van der Waals surface area contributed by atoms with E-state index in [4.69, 9.17) is 4.74 Å². The summed E-state index contributed by atoms with van der Waals surface area (Å²) in [5, 5.41) is 3.13. The van der Waals surface area contributed by atoms with Gasteiger partial charge >= 0.3 is 0 Å². The maximum atomic E-state index is 13.0. The molecule has 2 fully saturated rings. The molecule has 1 saturated heterocycles. The lowest BCUT2D eigenvalue weighted by Gasteiger charge is -2.48. The molecule has 0 aromatic heterocycles. The molecule has 7 nitrogen and oxygen atoms in total. The van der Waals surface area contributed by atoms with Crippen LogP contribution in [0.15, 0.2) is 59.5 Å². The van der Waals surface area contributed by atoms with E-state index in [1.807, 2.05) is 6.07 Å². The topological polar surface area (TPSA) is 79.0 Å². The number of anilines is 1. The number of hydrogen-bond acceptors (Lipinski definition) is 5. The summed E-state index contributed by atoms with van der Waals surface area (Å²) in [6.07, 6.45) is 5.75. The number of para-hydroxylation sites is 1. The maximum Gasteiger partial charge on any atom is 0.264 e. The second kappa shape index (κ2) is 10.2. The van der Waals surface area contributed by atoms with E-state index in [0.29, 0.717) is 17.8 Å². The molecule has 2 aliphatic rings. The minimum atomic E-state index is -3.71. The fraction of sp³-hybridized carbons (Fsp3) is 0.480. The summed E-state index contributed by atoms with van der Waals surface area (Å²) in [5.74, 6) is -0.173. The average molecular weight is 472 g/mol. The summed E-state index contributed by atoms with van der Waals surface area (Å²) in [4.78, 5) is 15.6. The van der Waals surface area contributed by atoms with Crippen LogP contribution >= 0.6 is 0 Å². The number of sulfonamides is 1. The van der Waals surface area contributed by atoms with Crippen molar-refractivity contribution in [3.05, 3.63) is 60.2 Å². The van der Waals surface area contributed by atoms with Gasteiger partial charge in [0.15, 0.2) is 0 Å². The molecule has 0 spiro atoms. The molecule has 0 atom stereocenters. The van der Waals surface area contributed by atoms with Crippen molar-refractivity contribution in [2.24, 2.45) is 0 Å². The Morgan fingerprint density at radius 2 is 1.64 bits per heavy atom. The molecule has 2 aromatic rings. The largest absolute Gasteiger partial charge is 0.379 e. The van der Waals surface area contributed by atoms with Crippen molar-refractivity contribution in [1.29, 1.82) is 0 Å². The molecule has 1 N–H and O–H groups in total. The summed E-state index contributed by atoms with van der Waals surface area (Å²) >= 11 is 0. The predicted octanol–water partition coefficient (Wildman–Crippen LogP) is 3.28. The first kappa shape index (κ1) is 23.7. The van der Waals surface area contributed by atoms with Crippen molar-refractivity contribution in [3.63, 3.8) is 0 Å². The predicted molar refractivity (Wildman–Crippen MR) is 129 cm³/mol. The fourth-order valence-electron chi connectivity index (χ4n) is 4.91. The van der Waals surface area contributed by atoms with Gasteiger partial charge < -0.3 is 10.1 Å². The third kappa shape index (κ3) is 5.23. The Kier molecular flexibility index (Phi) is 7.36. The Morgan fingerprint density at radius 3 is 2.27 bits per heavy atom. The minimum Gasteiger partial charge on any atom is -0.379 e. The van der Waals surface area contributed by atoms with Gasteiger partial charge in [-0.2, -0.15) is 0 Å². The van der Waals surface area contributed by atoms with Crippen molar-refractivity contribution in [2.45, 2.75) is 42.5 Å². The number of ether oxygens (including phenoxy) is 1. The molecule has 178 valence electrons. The molecule has 33 heavy (non-hydrogen) atoms. The number of hydrogen-bond donors (Lipinski definition) is 1. The first-order chi connectivity index (χ1) is 15.9. The van der Waals surface area contributed by atoms with E-state index in [9.17, 15) is 13.2 Å². The zero-order chi connectivity index (χ0) is 23.3. The van der Waals surface area contributed by atoms with Gasteiger partial charge in [0.25, 0.3) is 15.9 Å². The van der Waals surface area contributed by atoms with Crippen molar-refractivity contribution >= 4 is 21.6 Å². The van der Waals surface area contributed by atoms with E-state index in [1.54, 1.807) is 36.4 Å². The van der Waals surface area contributed by atoms with Crippen molar-refractivity contribution in [3.8, 4) is 0 Å². The molecule has 0 radical (unpaired) electrons. The van der Waals surface area contributed by atoms with Gasteiger partial charge in [-0.15, -0.1) is 0 Å². The number of amides is 1. The molecule has 1 aliphatic heterocycles. The number of carbonyl (C=O) groups excluding carboxylic acids is 1. The summed E-state index contributed by atoms with van der Waals surface area (Å²) < 4.78 is 32.7. The second-order valence-electron chi connectivity index (χ2n) is 8.90. The Balaban J connectivity index is 1.43. The Hall–Kier alpha value is -2.42. The maximum absolute atomic E-state index is 13.0. The van der Waals surface area contributed by atoms with Crippen molar-refractivity contribution in [1.82, 2.24) is 10.2 Å². The van der Waals surface area contributed by atoms with Crippen LogP contribution in [0.5, 0.6) is 0 Å². The van der Waals surface area contributed by atoms with E-state index in [-0.39, 0.29) is 16.3 Å². The van der Waals surface area contributed by atoms with Crippen molar-refractivity contribution < 1.29 is 17.9 Å². The number of nitrogens with one attached hydrogen (secondary N) is 1. The molecule has 0 unspecified atom stereocenters. The smallest absolute Gasteiger partial charge is 0.264 e. The summed E-state index contributed by atoms with van der Waals surface area (Å²) in [7, 11) is -2.18. The highest BCUT2D eigenvalue weighted by Crippen LogP contribution is 2.34. The number of rotatable bonds is 7. The first-order valence-electron chi connectivity index (χ1n) is 11.7. The summed E-state index contributed by atoms with van der Waals surface area (Å²) in [6, 6.07) is 15.1. The van der Waals surface area contributed by atoms with Crippen LogP contribution in [0.4, 0.5) is 5.69 Å². The van der Waals surface area contributed by atoms with E-state index >= 15 is 0 Å². The van der Waals surface area contributed by atoms with Crippen molar-refractivity contribution in [2.75, 3.05) is 44.2 Å². The number of nitrogens with zero attached hydrogens (tertiary/aromatic N) is 2. The quantitative estimate of drug-likeness (QED) is 0.671. The van der Waals surface area contributed by atoms with Gasteiger partial charge in [0.1, 0.15) is 0 Å². The second-order valence-corrected chi connectivity index (χ2v) is 10.9. The van der Waals surface area contributed by atoms with Crippen LogP contribution in [0, 0.1) is 0 Å². The Bertz CT molecular complexity index is 1030. The highest BCUT2D eigenvalue weighted by molar-refractivity contribution is 7.92. The zero-order valence-electron chi connectivity index (χ0n) is 19.2. The SMILES string of the molecule is CN(c1ccccc1)S(=O)(=O)c1ccc(C(=O)NCC2(N3CCOCC3)CCCCC2)cc1. The van der Waals surface area contributed by atoms with E-state index < -0.39 is 10.0 Å². The van der Waals surface area contributed by atoms with Crippen LogP contribution in [-0.2, 0) is 14.8 Å². The molecular weight excluding hydrogens is 438 g/mol. The van der Waals surface area contributed by atoms with Crippen LogP contribution in [0.3, 0.4) is 0 Å². The van der Waals surface area contributed by atoms with Crippen LogP contribution in [0.1, 0.15) is 42.5 Å². The molecule has 1 heterocycles. The van der Waals surface area contributed by atoms with Gasteiger partial charge in [0.05, 0.1) is 23.8 Å². The lowest BCUT2D eigenvalue weighted by molar-refractivity contribution is -0.0361. The number of benzene rings is 2. The number of carbonyl (C=O) groups is 1. The molecule has 2 aromatic carbocycles. The highest BCUT2D eigenvalue weighted by Gasteiger charge is 2.38. The lowest BCUT2D eigenvalue weighted by atomic mass is 9.79. The normalized spacial score (nSPS) is 19.1.